The summed E-state index contributed by atoms with van der Waals surface area (Å²) in [6, 6.07) is 0. The van der Waals surface area contributed by atoms with E-state index in [9.17, 15) is 0 Å². The van der Waals surface area contributed by atoms with Crippen LogP contribution < -0.4 is 0 Å². The Morgan fingerprint density at radius 3 is 0.600 bits per heavy atom. The molecule has 0 amide bonds. The summed E-state index contributed by atoms with van der Waals surface area (Å²) in [4.78, 5) is 0. The number of hydrogen-bond donors (Lipinski definition) is 2. The van der Waals surface area contributed by atoms with Crippen LogP contribution in [-0.2, 0) is 4.74 Å². The second-order valence-corrected chi connectivity index (χ2v) is 8.42. The van der Waals surface area contributed by atoms with Crippen molar-refractivity contribution in [2.75, 3.05) is 26.4 Å². The molecule has 0 aromatic rings. The standard InChI is InChI=1S/C24H50O.C2H6O2.8C2H4/c1-3-5-7-9-11-13-15-17-19-21-23-25-24-22-20-18-16-14-12-10-8-6-4-2;3-1-2-4;8*1-2/h3-24H2,1-2H3;3-4H,1-2H2;8*1-2H2. The molecule has 0 aromatic carbocycles. The Kier molecular flexibility index (Phi) is 207. The topological polar surface area (TPSA) is 49.7 Å². The SMILES string of the molecule is C=C.C=C.C=C.C=C.C=C.C=C.C=C.C=C.CCCCCCCCCCCCOCCCCCCCCCCCC.OCCO. The Bertz CT molecular complexity index is 301. The van der Waals surface area contributed by atoms with E-state index >= 15 is 0 Å². The molecule has 2 N–H and O–H groups in total. The van der Waals surface area contributed by atoms with E-state index in [0.717, 1.165) is 13.2 Å². The molecule has 0 bridgehead atoms. The van der Waals surface area contributed by atoms with Crippen molar-refractivity contribution in [1.29, 1.82) is 0 Å². The zero-order valence-corrected chi connectivity index (χ0v) is 31.6. The van der Waals surface area contributed by atoms with Crippen molar-refractivity contribution in [2.45, 2.75) is 142 Å². The van der Waals surface area contributed by atoms with Gasteiger partial charge in [0.25, 0.3) is 0 Å². The molecule has 45 heavy (non-hydrogen) atoms. The summed E-state index contributed by atoms with van der Waals surface area (Å²) < 4.78 is 5.78. The van der Waals surface area contributed by atoms with Crippen molar-refractivity contribution in [2.24, 2.45) is 0 Å². The highest BCUT2D eigenvalue weighted by molar-refractivity contribution is 4.49. The molecule has 0 radical (unpaired) electrons. The van der Waals surface area contributed by atoms with Gasteiger partial charge in [-0.2, -0.15) is 0 Å². The summed E-state index contributed by atoms with van der Waals surface area (Å²) in [6.45, 7) is 54.3. The Labute approximate surface area is 288 Å². The quantitative estimate of drug-likeness (QED) is 0.0863. The number of aliphatic hydroxyl groups excluding tert-OH is 2. The van der Waals surface area contributed by atoms with E-state index in [1.54, 1.807) is 0 Å². The first kappa shape index (κ1) is 69.5. The van der Waals surface area contributed by atoms with Crippen molar-refractivity contribution in [1.82, 2.24) is 0 Å². The van der Waals surface area contributed by atoms with Gasteiger partial charge in [0.2, 0.25) is 0 Å². The molecule has 0 aliphatic heterocycles. The highest BCUT2D eigenvalue weighted by Gasteiger charge is 1.95. The molecule has 0 saturated heterocycles. The molecular formula is C42H88O3. The van der Waals surface area contributed by atoms with Gasteiger partial charge in [-0.1, -0.05) is 129 Å². The van der Waals surface area contributed by atoms with Crippen LogP contribution in [0.3, 0.4) is 0 Å². The average Bonchev–Trinajstić information content (AvgIpc) is 3.15. The molecule has 0 aliphatic carbocycles. The molecule has 0 atom stereocenters. The van der Waals surface area contributed by atoms with Crippen molar-refractivity contribution >= 4 is 0 Å². The molecule has 0 aliphatic rings. The fourth-order valence-corrected chi connectivity index (χ4v) is 3.49. The minimum absolute atomic E-state index is 0.125. The fraction of sp³-hybridized carbons (Fsp3) is 0.619. The third-order valence-corrected chi connectivity index (χ3v) is 5.38. The first-order valence-electron chi connectivity index (χ1n) is 17.1. The van der Waals surface area contributed by atoms with E-state index in [2.05, 4.69) is 119 Å². The summed E-state index contributed by atoms with van der Waals surface area (Å²) in [6.07, 6.45) is 28.2. The van der Waals surface area contributed by atoms with E-state index in [4.69, 9.17) is 14.9 Å². The summed E-state index contributed by atoms with van der Waals surface area (Å²) >= 11 is 0. The largest absolute Gasteiger partial charge is 0.394 e. The number of aliphatic hydroxyl groups is 2. The zero-order valence-electron chi connectivity index (χ0n) is 31.6. The van der Waals surface area contributed by atoms with Crippen LogP contribution in [0.5, 0.6) is 0 Å². The van der Waals surface area contributed by atoms with Crippen molar-refractivity contribution < 1.29 is 14.9 Å². The zero-order chi connectivity index (χ0) is 37.7. The van der Waals surface area contributed by atoms with E-state index in [0.29, 0.717) is 0 Å². The molecule has 0 heterocycles. The summed E-state index contributed by atoms with van der Waals surface area (Å²) in [5.41, 5.74) is 0. The summed E-state index contributed by atoms with van der Waals surface area (Å²) in [5, 5.41) is 15.2. The van der Waals surface area contributed by atoms with Gasteiger partial charge in [0.1, 0.15) is 0 Å². The van der Waals surface area contributed by atoms with Crippen LogP contribution >= 0.6 is 0 Å². The minimum Gasteiger partial charge on any atom is -0.394 e. The lowest BCUT2D eigenvalue weighted by Crippen LogP contribution is -1.97. The van der Waals surface area contributed by atoms with Crippen LogP contribution in [0.1, 0.15) is 142 Å². The molecule has 0 rings (SSSR count). The van der Waals surface area contributed by atoms with E-state index in [-0.39, 0.29) is 13.2 Å². The predicted molar refractivity (Wildman–Crippen MR) is 219 cm³/mol. The molecule has 3 nitrogen and oxygen atoms in total. The van der Waals surface area contributed by atoms with Crippen LogP contribution in [0.2, 0.25) is 0 Å². The van der Waals surface area contributed by atoms with E-state index in [1.807, 2.05) is 0 Å². The van der Waals surface area contributed by atoms with Crippen LogP contribution in [0.15, 0.2) is 105 Å². The lowest BCUT2D eigenvalue weighted by molar-refractivity contribution is 0.125. The van der Waals surface area contributed by atoms with Crippen molar-refractivity contribution in [3.05, 3.63) is 105 Å². The molecule has 0 spiro atoms. The summed E-state index contributed by atoms with van der Waals surface area (Å²) in [7, 11) is 0. The predicted octanol–water partition coefficient (Wildman–Crippen LogP) is 14.2. The lowest BCUT2D eigenvalue weighted by atomic mass is 10.1. The van der Waals surface area contributed by atoms with Crippen molar-refractivity contribution in [3.63, 3.8) is 0 Å². The van der Waals surface area contributed by atoms with Gasteiger partial charge in [0.05, 0.1) is 13.2 Å². The molecule has 0 aromatic heterocycles. The molecule has 274 valence electrons. The number of ether oxygens (including phenoxy) is 1. The van der Waals surface area contributed by atoms with Gasteiger partial charge in [-0.15, -0.1) is 105 Å². The number of unbranched alkanes of at least 4 members (excludes halogenated alkanes) is 18. The van der Waals surface area contributed by atoms with Gasteiger partial charge in [-0.25, -0.2) is 0 Å². The molecule has 0 unspecified atom stereocenters. The Morgan fingerprint density at radius 1 is 0.289 bits per heavy atom. The number of rotatable bonds is 23. The first-order chi connectivity index (χ1) is 22.3. The van der Waals surface area contributed by atoms with Crippen LogP contribution in [0.4, 0.5) is 0 Å². The van der Waals surface area contributed by atoms with Gasteiger partial charge < -0.3 is 14.9 Å². The monoisotopic (exact) mass is 641 g/mol. The average molecular weight is 641 g/mol. The first-order valence-corrected chi connectivity index (χ1v) is 17.1. The highest BCUT2D eigenvalue weighted by Crippen LogP contribution is 2.12. The second-order valence-electron chi connectivity index (χ2n) is 8.42. The maximum absolute atomic E-state index is 7.62. The fourth-order valence-electron chi connectivity index (χ4n) is 3.49. The third kappa shape index (κ3) is 153. The van der Waals surface area contributed by atoms with E-state index in [1.165, 1.54) is 128 Å². The Balaban J connectivity index is -0.0000000638. The van der Waals surface area contributed by atoms with Crippen LogP contribution in [0.25, 0.3) is 0 Å². The van der Waals surface area contributed by atoms with Gasteiger partial charge >= 0.3 is 0 Å². The van der Waals surface area contributed by atoms with Crippen molar-refractivity contribution in [3.8, 4) is 0 Å². The van der Waals surface area contributed by atoms with Gasteiger partial charge in [0.15, 0.2) is 0 Å². The lowest BCUT2D eigenvalue weighted by Gasteiger charge is -2.05. The normalized spacial score (nSPS) is 7.64. The van der Waals surface area contributed by atoms with Gasteiger partial charge in [-0.05, 0) is 12.8 Å². The Hall–Kier alpha value is -2.20. The smallest absolute Gasteiger partial charge is 0.0662 e. The third-order valence-electron chi connectivity index (χ3n) is 5.38. The Morgan fingerprint density at radius 2 is 0.444 bits per heavy atom. The summed E-state index contributed by atoms with van der Waals surface area (Å²) in [5.74, 6) is 0. The van der Waals surface area contributed by atoms with E-state index < -0.39 is 0 Å². The van der Waals surface area contributed by atoms with Gasteiger partial charge in [-0.3, -0.25) is 0 Å². The van der Waals surface area contributed by atoms with Gasteiger partial charge in [0, 0.05) is 13.2 Å². The van der Waals surface area contributed by atoms with Crippen LogP contribution in [-0.4, -0.2) is 36.6 Å². The number of hydrogen-bond acceptors (Lipinski definition) is 3. The molecular weight excluding hydrogens is 552 g/mol. The maximum atomic E-state index is 7.62. The molecule has 0 fully saturated rings. The van der Waals surface area contributed by atoms with Crippen LogP contribution in [0, 0.1) is 0 Å². The maximum Gasteiger partial charge on any atom is 0.0662 e. The second kappa shape index (κ2) is 134. The molecule has 0 saturated carbocycles. The molecule has 3 heteroatoms. The minimum atomic E-state index is -0.125. The highest BCUT2D eigenvalue weighted by atomic mass is 16.5.